The van der Waals surface area contributed by atoms with Crippen molar-refractivity contribution in [3.8, 4) is 0 Å². The lowest BCUT2D eigenvalue weighted by molar-refractivity contribution is -0.120. The van der Waals surface area contributed by atoms with Gasteiger partial charge in [-0.15, -0.1) is 0 Å². The van der Waals surface area contributed by atoms with Crippen LogP contribution in [-0.4, -0.2) is 36.8 Å². The normalized spacial score (nSPS) is 26.6. The van der Waals surface area contributed by atoms with Crippen molar-refractivity contribution in [3.05, 3.63) is 41.2 Å². The van der Waals surface area contributed by atoms with E-state index in [4.69, 9.17) is 15.9 Å². The van der Waals surface area contributed by atoms with Crippen LogP contribution < -0.4 is 10.8 Å². The Morgan fingerprint density at radius 2 is 1.76 bits per heavy atom. The Morgan fingerprint density at radius 3 is 2.28 bits per heavy atom. The minimum absolute atomic E-state index is 0.0794. The first kappa shape index (κ1) is 18.0. The second kappa shape index (κ2) is 6.47. The van der Waals surface area contributed by atoms with E-state index in [-0.39, 0.29) is 36.8 Å². The molecule has 6 heteroatoms. The van der Waals surface area contributed by atoms with Gasteiger partial charge in [-0.1, -0.05) is 24.3 Å². The molecule has 5 nitrogen and oxygen atoms in total. The number of carbonyl (C=O) groups is 1. The molecule has 1 aromatic carbocycles. The number of hydrogen-bond acceptors (Lipinski definition) is 3. The Balaban J connectivity index is 1.56. The third-order valence-corrected chi connectivity index (χ3v) is 5.66. The van der Waals surface area contributed by atoms with E-state index >= 15 is 0 Å². The first-order chi connectivity index (χ1) is 11.7. The molecule has 0 radical (unpaired) electrons. The fourth-order valence-corrected chi connectivity index (χ4v) is 3.26. The minimum Gasteiger partial charge on any atom is -0.399 e. The quantitative estimate of drug-likeness (QED) is 0.676. The summed E-state index contributed by atoms with van der Waals surface area (Å²) < 4.78 is 12.2. The lowest BCUT2D eigenvalue weighted by Crippen LogP contribution is -2.44. The predicted octanol–water partition coefficient (Wildman–Crippen LogP) is 2.27. The number of rotatable bonds is 4. The van der Waals surface area contributed by atoms with Crippen molar-refractivity contribution in [1.82, 2.24) is 5.32 Å². The summed E-state index contributed by atoms with van der Waals surface area (Å²) in [7, 11) is -0.332. The lowest BCUT2D eigenvalue weighted by Gasteiger charge is -2.35. The van der Waals surface area contributed by atoms with Crippen LogP contribution in [0.4, 0.5) is 0 Å². The summed E-state index contributed by atoms with van der Waals surface area (Å²) in [5.74, 6) is 0.292. The zero-order valence-corrected chi connectivity index (χ0v) is 15.3. The second-order valence-corrected chi connectivity index (χ2v) is 8.00. The van der Waals surface area contributed by atoms with Gasteiger partial charge in [-0.25, -0.2) is 6.57 Å². The molecule has 1 amide bonds. The van der Waals surface area contributed by atoms with E-state index in [2.05, 4.69) is 62.1 Å². The van der Waals surface area contributed by atoms with E-state index < -0.39 is 0 Å². The van der Waals surface area contributed by atoms with Crippen molar-refractivity contribution in [2.24, 2.45) is 0 Å². The first-order valence-electron chi connectivity index (χ1n) is 8.80. The highest BCUT2D eigenvalue weighted by Gasteiger charge is 2.51. The van der Waals surface area contributed by atoms with Crippen LogP contribution in [0.3, 0.4) is 0 Å². The Bertz CT molecular complexity index is 672. The number of hydrogen-bond donors (Lipinski definition) is 1. The van der Waals surface area contributed by atoms with Crippen LogP contribution in [0, 0.1) is 6.57 Å². The van der Waals surface area contributed by atoms with Crippen molar-refractivity contribution in [3.63, 3.8) is 0 Å². The first-order valence-corrected chi connectivity index (χ1v) is 8.80. The van der Waals surface area contributed by atoms with Crippen LogP contribution in [-0.2, 0) is 14.1 Å². The van der Waals surface area contributed by atoms with Gasteiger partial charge in [0.25, 0.3) is 12.5 Å². The molecule has 1 saturated carbocycles. The third-order valence-electron chi connectivity index (χ3n) is 5.66. The molecule has 2 fully saturated rings. The summed E-state index contributed by atoms with van der Waals surface area (Å²) in [5.41, 5.74) is 1.64. The minimum atomic E-state index is -0.332. The highest BCUT2D eigenvalue weighted by atomic mass is 16.7. The molecule has 0 unspecified atom stereocenters. The zero-order chi connectivity index (χ0) is 18.2. The van der Waals surface area contributed by atoms with Gasteiger partial charge in [0.05, 0.1) is 11.2 Å². The van der Waals surface area contributed by atoms with Crippen molar-refractivity contribution in [2.75, 3.05) is 6.54 Å². The molecule has 0 bridgehead atoms. The maximum Gasteiger partial charge on any atom is 0.494 e. The van der Waals surface area contributed by atoms with E-state index in [1.807, 2.05) is 0 Å². The SMILES string of the molecule is [C-]#[N+]CC(=O)NC1CC(c2ccc(B3OC(C)(C)C(C)(C)O3)cc2)C1. The monoisotopic (exact) mass is 340 g/mol. The fourth-order valence-electron chi connectivity index (χ4n) is 3.26. The third kappa shape index (κ3) is 3.58. The van der Waals surface area contributed by atoms with Gasteiger partial charge in [0.2, 0.25) is 0 Å². The van der Waals surface area contributed by atoms with Crippen LogP contribution in [0.25, 0.3) is 4.85 Å². The summed E-state index contributed by atoms with van der Waals surface area (Å²) in [4.78, 5) is 14.5. The van der Waals surface area contributed by atoms with E-state index in [0.717, 1.165) is 18.3 Å². The maximum atomic E-state index is 11.4. The van der Waals surface area contributed by atoms with Crippen LogP contribution in [0.1, 0.15) is 52.0 Å². The van der Waals surface area contributed by atoms with E-state index in [1.165, 1.54) is 5.56 Å². The smallest absolute Gasteiger partial charge is 0.399 e. The summed E-state index contributed by atoms with van der Waals surface area (Å²) in [5, 5.41) is 2.90. The fraction of sp³-hybridized carbons (Fsp3) is 0.579. The summed E-state index contributed by atoms with van der Waals surface area (Å²) >= 11 is 0. The van der Waals surface area contributed by atoms with Gasteiger partial charge in [0.1, 0.15) is 0 Å². The van der Waals surface area contributed by atoms with Crippen LogP contribution in [0.5, 0.6) is 0 Å². The average Bonchev–Trinajstić information content (AvgIpc) is 2.71. The molecule has 1 N–H and O–H groups in total. The summed E-state index contributed by atoms with van der Waals surface area (Å²) in [6, 6.07) is 8.59. The molecule has 1 saturated heterocycles. The lowest BCUT2D eigenvalue weighted by atomic mass is 9.73. The van der Waals surface area contributed by atoms with E-state index in [0.29, 0.717) is 5.92 Å². The van der Waals surface area contributed by atoms with Crippen LogP contribution in [0.2, 0.25) is 0 Å². The molecule has 0 atom stereocenters. The number of nitrogens with one attached hydrogen (secondary N) is 1. The van der Waals surface area contributed by atoms with Crippen molar-refractivity contribution < 1.29 is 14.1 Å². The zero-order valence-electron chi connectivity index (χ0n) is 15.3. The van der Waals surface area contributed by atoms with Gasteiger partial charge in [0, 0.05) is 6.04 Å². The summed E-state index contributed by atoms with van der Waals surface area (Å²) in [6.45, 7) is 14.8. The predicted molar refractivity (Wildman–Crippen MR) is 97.5 cm³/mol. The highest BCUT2D eigenvalue weighted by molar-refractivity contribution is 6.62. The number of amides is 1. The molecular formula is C19H25BN2O3. The van der Waals surface area contributed by atoms with E-state index in [1.54, 1.807) is 0 Å². The molecule has 1 aromatic rings. The Labute approximate surface area is 150 Å². The molecule has 1 aliphatic heterocycles. The van der Waals surface area contributed by atoms with Gasteiger partial charge < -0.3 is 19.5 Å². The average molecular weight is 340 g/mol. The molecule has 0 spiro atoms. The largest absolute Gasteiger partial charge is 0.494 e. The molecule has 3 rings (SSSR count). The topological polar surface area (TPSA) is 51.9 Å². The van der Waals surface area contributed by atoms with Gasteiger partial charge in [-0.3, -0.25) is 4.79 Å². The Kier molecular flexibility index (Phi) is 4.65. The molecule has 2 aliphatic rings. The van der Waals surface area contributed by atoms with Crippen molar-refractivity contribution in [2.45, 2.75) is 63.7 Å². The highest BCUT2D eigenvalue weighted by Crippen LogP contribution is 2.38. The van der Waals surface area contributed by atoms with E-state index in [9.17, 15) is 4.79 Å². The van der Waals surface area contributed by atoms with Crippen LogP contribution >= 0.6 is 0 Å². The molecule has 132 valence electrons. The number of nitrogens with zero attached hydrogens (tertiary/aromatic N) is 1. The second-order valence-electron chi connectivity index (χ2n) is 8.00. The van der Waals surface area contributed by atoms with Gasteiger partial charge in [0.15, 0.2) is 0 Å². The molecule has 1 heterocycles. The molecule has 25 heavy (non-hydrogen) atoms. The molecular weight excluding hydrogens is 315 g/mol. The Hall–Kier alpha value is -1.84. The number of benzene rings is 1. The van der Waals surface area contributed by atoms with Gasteiger partial charge in [-0.2, -0.15) is 0 Å². The molecule has 1 aliphatic carbocycles. The maximum absolute atomic E-state index is 11.4. The van der Waals surface area contributed by atoms with Crippen molar-refractivity contribution >= 4 is 18.5 Å². The Morgan fingerprint density at radius 1 is 1.20 bits per heavy atom. The summed E-state index contributed by atoms with van der Waals surface area (Å²) in [6.07, 6.45) is 1.86. The standard InChI is InChI=1S/C19H25BN2O3/c1-18(2)19(3,4)25-20(24-18)15-8-6-13(7-9-15)14-10-16(11-14)22-17(23)12-21-5/h6-9,14,16H,10-12H2,1-4H3,(H,22,23). The van der Waals surface area contributed by atoms with Crippen molar-refractivity contribution in [1.29, 1.82) is 0 Å². The van der Waals surface area contributed by atoms with Crippen LogP contribution in [0.15, 0.2) is 24.3 Å². The van der Waals surface area contributed by atoms with Gasteiger partial charge >= 0.3 is 7.12 Å². The molecule has 0 aromatic heterocycles. The number of carbonyl (C=O) groups excluding carboxylic acids is 1. The van der Waals surface area contributed by atoms with Gasteiger partial charge in [-0.05, 0) is 57.5 Å².